The average Bonchev–Trinajstić information content (AvgIpc) is 2.55. The minimum absolute atomic E-state index is 0.182. The SMILES string of the molecule is COc1cc(=O)n(C)cc1C(=O)NCCCn1ncccc1=O. The standard InChI is InChI=1S/C15H18N4O4/c1-18-10-11(12(23-2)9-14(18)21)15(22)16-6-4-8-19-13(20)5-3-7-17-19/h3,5,7,9-10H,4,6,8H2,1-2H3,(H,16,22). The van der Waals surface area contributed by atoms with Crippen molar-refractivity contribution in [1.82, 2.24) is 19.7 Å². The molecule has 2 rings (SSSR count). The van der Waals surface area contributed by atoms with Gasteiger partial charge < -0.3 is 14.6 Å². The second-order valence-electron chi connectivity index (χ2n) is 4.90. The Morgan fingerprint density at radius 3 is 2.83 bits per heavy atom. The number of carbonyl (C=O) groups excluding carboxylic acids is 1. The fourth-order valence-electron chi connectivity index (χ4n) is 2.03. The lowest BCUT2D eigenvalue weighted by molar-refractivity contribution is 0.0948. The highest BCUT2D eigenvalue weighted by Crippen LogP contribution is 2.14. The van der Waals surface area contributed by atoms with E-state index in [1.807, 2.05) is 0 Å². The first-order chi connectivity index (χ1) is 11.0. The van der Waals surface area contributed by atoms with Gasteiger partial charge in [-0.3, -0.25) is 14.4 Å². The maximum absolute atomic E-state index is 12.2. The number of nitrogens with one attached hydrogen (secondary N) is 1. The summed E-state index contributed by atoms with van der Waals surface area (Å²) in [6.45, 7) is 0.776. The highest BCUT2D eigenvalue weighted by Gasteiger charge is 2.13. The van der Waals surface area contributed by atoms with Gasteiger partial charge in [-0.15, -0.1) is 0 Å². The van der Waals surface area contributed by atoms with E-state index in [1.54, 1.807) is 13.1 Å². The molecule has 0 spiro atoms. The summed E-state index contributed by atoms with van der Waals surface area (Å²) in [5.74, 6) is -0.114. The van der Waals surface area contributed by atoms with Gasteiger partial charge in [0.15, 0.2) is 0 Å². The van der Waals surface area contributed by atoms with Crippen molar-refractivity contribution in [2.45, 2.75) is 13.0 Å². The van der Waals surface area contributed by atoms with E-state index in [0.717, 1.165) is 0 Å². The summed E-state index contributed by atoms with van der Waals surface area (Å²) in [7, 11) is 2.96. The van der Waals surface area contributed by atoms with Crippen LogP contribution in [0.1, 0.15) is 16.8 Å². The van der Waals surface area contributed by atoms with Crippen LogP contribution in [0.4, 0.5) is 0 Å². The number of hydrogen-bond acceptors (Lipinski definition) is 5. The van der Waals surface area contributed by atoms with Crippen molar-refractivity contribution in [2.75, 3.05) is 13.7 Å². The van der Waals surface area contributed by atoms with Crippen molar-refractivity contribution in [1.29, 1.82) is 0 Å². The molecule has 0 aliphatic rings. The van der Waals surface area contributed by atoms with E-state index in [2.05, 4.69) is 10.4 Å². The molecule has 0 radical (unpaired) electrons. The van der Waals surface area contributed by atoms with Crippen LogP contribution in [0.5, 0.6) is 5.75 Å². The smallest absolute Gasteiger partial charge is 0.266 e. The van der Waals surface area contributed by atoms with Gasteiger partial charge in [0.25, 0.3) is 17.0 Å². The minimum atomic E-state index is -0.342. The number of nitrogens with zero attached hydrogens (tertiary/aromatic N) is 3. The molecule has 2 heterocycles. The number of aromatic nitrogens is 3. The topological polar surface area (TPSA) is 95.2 Å². The van der Waals surface area contributed by atoms with Crippen LogP contribution in [0.25, 0.3) is 0 Å². The zero-order valence-electron chi connectivity index (χ0n) is 13.0. The molecule has 1 N–H and O–H groups in total. The first-order valence-corrected chi connectivity index (χ1v) is 7.08. The van der Waals surface area contributed by atoms with Crippen molar-refractivity contribution < 1.29 is 9.53 Å². The molecule has 8 nitrogen and oxygen atoms in total. The number of rotatable bonds is 6. The Kier molecular flexibility index (Phi) is 5.29. The molecule has 23 heavy (non-hydrogen) atoms. The van der Waals surface area contributed by atoms with E-state index in [0.29, 0.717) is 19.5 Å². The molecule has 1 amide bonds. The van der Waals surface area contributed by atoms with Crippen LogP contribution in [0.15, 0.2) is 40.2 Å². The Balaban J connectivity index is 1.95. The Labute approximate surface area is 132 Å². The zero-order valence-corrected chi connectivity index (χ0v) is 13.0. The number of ether oxygens (including phenoxy) is 1. The van der Waals surface area contributed by atoms with E-state index in [-0.39, 0.29) is 28.3 Å². The van der Waals surface area contributed by atoms with Gasteiger partial charge in [-0.25, -0.2) is 4.68 Å². The third-order valence-corrected chi connectivity index (χ3v) is 3.27. The fourth-order valence-corrected chi connectivity index (χ4v) is 2.03. The number of amides is 1. The third-order valence-electron chi connectivity index (χ3n) is 3.27. The molecule has 2 aromatic rings. The molecule has 2 aromatic heterocycles. The second kappa shape index (κ2) is 7.39. The quantitative estimate of drug-likeness (QED) is 0.742. The summed E-state index contributed by atoms with van der Waals surface area (Å²) in [4.78, 5) is 35.2. The van der Waals surface area contributed by atoms with Gasteiger partial charge in [0, 0.05) is 44.7 Å². The first kappa shape index (κ1) is 16.5. The number of methoxy groups -OCH3 is 1. The molecule has 0 saturated heterocycles. The third kappa shape index (κ3) is 4.06. The van der Waals surface area contributed by atoms with Crippen LogP contribution in [-0.4, -0.2) is 33.9 Å². The molecule has 122 valence electrons. The van der Waals surface area contributed by atoms with Crippen molar-refractivity contribution in [2.24, 2.45) is 7.05 Å². The fraction of sp³-hybridized carbons (Fsp3) is 0.333. The first-order valence-electron chi connectivity index (χ1n) is 7.08. The van der Waals surface area contributed by atoms with E-state index in [9.17, 15) is 14.4 Å². The zero-order chi connectivity index (χ0) is 16.8. The molecule has 0 atom stereocenters. The normalized spacial score (nSPS) is 10.3. The van der Waals surface area contributed by atoms with Crippen molar-refractivity contribution in [3.63, 3.8) is 0 Å². The number of carbonyl (C=O) groups is 1. The van der Waals surface area contributed by atoms with Gasteiger partial charge in [0.05, 0.1) is 12.7 Å². The lowest BCUT2D eigenvalue weighted by Gasteiger charge is -2.10. The molecule has 8 heteroatoms. The minimum Gasteiger partial charge on any atom is -0.496 e. The molecule has 0 bridgehead atoms. The highest BCUT2D eigenvalue weighted by molar-refractivity contribution is 5.96. The van der Waals surface area contributed by atoms with Gasteiger partial charge in [0.2, 0.25) is 0 Å². The van der Waals surface area contributed by atoms with Crippen LogP contribution < -0.4 is 21.2 Å². The van der Waals surface area contributed by atoms with Gasteiger partial charge in [-0.1, -0.05) is 0 Å². The molecule has 0 aromatic carbocycles. The summed E-state index contributed by atoms with van der Waals surface area (Å²) >= 11 is 0. The monoisotopic (exact) mass is 318 g/mol. The summed E-state index contributed by atoms with van der Waals surface area (Å²) in [5, 5.41) is 6.67. The molecular weight excluding hydrogens is 300 g/mol. The predicted molar refractivity (Wildman–Crippen MR) is 83.7 cm³/mol. The molecule has 0 fully saturated rings. The largest absolute Gasteiger partial charge is 0.496 e. The van der Waals surface area contributed by atoms with Gasteiger partial charge >= 0.3 is 0 Å². The molecule has 0 saturated carbocycles. The van der Waals surface area contributed by atoms with Crippen molar-refractivity contribution >= 4 is 5.91 Å². The van der Waals surface area contributed by atoms with Crippen molar-refractivity contribution in [3.05, 3.63) is 56.9 Å². The highest BCUT2D eigenvalue weighted by atomic mass is 16.5. The number of pyridine rings is 1. The number of hydrogen-bond donors (Lipinski definition) is 1. The van der Waals surface area contributed by atoms with E-state index in [1.165, 1.54) is 40.9 Å². The summed E-state index contributed by atoms with van der Waals surface area (Å²) in [6.07, 6.45) is 3.52. The van der Waals surface area contributed by atoms with Crippen LogP contribution in [0, 0.1) is 0 Å². The van der Waals surface area contributed by atoms with E-state index in [4.69, 9.17) is 4.74 Å². The molecule has 0 aliphatic carbocycles. The average molecular weight is 318 g/mol. The van der Waals surface area contributed by atoms with E-state index >= 15 is 0 Å². The lowest BCUT2D eigenvalue weighted by Crippen LogP contribution is -2.29. The van der Waals surface area contributed by atoms with Gasteiger partial charge in [0.1, 0.15) is 5.75 Å². The maximum atomic E-state index is 12.2. The molecule has 0 unspecified atom stereocenters. The van der Waals surface area contributed by atoms with Crippen LogP contribution in [0.2, 0.25) is 0 Å². The van der Waals surface area contributed by atoms with Crippen LogP contribution in [0.3, 0.4) is 0 Å². The van der Waals surface area contributed by atoms with E-state index < -0.39 is 0 Å². The number of aryl methyl sites for hydroxylation is 2. The van der Waals surface area contributed by atoms with Crippen LogP contribution in [-0.2, 0) is 13.6 Å². The Morgan fingerprint density at radius 2 is 2.13 bits per heavy atom. The molecular formula is C15H18N4O4. The Hall–Kier alpha value is -2.90. The second-order valence-corrected chi connectivity index (χ2v) is 4.90. The lowest BCUT2D eigenvalue weighted by atomic mass is 10.2. The van der Waals surface area contributed by atoms with Crippen LogP contribution >= 0.6 is 0 Å². The Bertz CT molecular complexity index is 810. The van der Waals surface area contributed by atoms with Crippen molar-refractivity contribution in [3.8, 4) is 5.75 Å². The van der Waals surface area contributed by atoms with Gasteiger partial charge in [-0.2, -0.15) is 5.10 Å². The summed E-state index contributed by atoms with van der Waals surface area (Å²) < 4.78 is 7.71. The molecule has 0 aliphatic heterocycles. The predicted octanol–water partition coefficient (Wildman–Crippen LogP) is -0.229. The maximum Gasteiger partial charge on any atom is 0.266 e. The summed E-state index contributed by atoms with van der Waals surface area (Å²) in [6, 6.07) is 4.27. The summed E-state index contributed by atoms with van der Waals surface area (Å²) in [5.41, 5.74) is -0.156. The van der Waals surface area contributed by atoms with Gasteiger partial charge in [-0.05, 0) is 12.5 Å². The Morgan fingerprint density at radius 1 is 1.35 bits per heavy atom.